The maximum absolute atomic E-state index is 8.55. The lowest BCUT2D eigenvalue weighted by Crippen LogP contribution is -2.27. The van der Waals surface area contributed by atoms with Gasteiger partial charge in [0.25, 0.3) is 0 Å². The molecule has 0 saturated heterocycles. The first-order valence-corrected chi connectivity index (χ1v) is 4.67. The number of hydrogen-bond acceptors (Lipinski definition) is 4. The van der Waals surface area contributed by atoms with Crippen LogP contribution in [0.4, 0.5) is 0 Å². The number of nitriles is 1. The van der Waals surface area contributed by atoms with Crippen LogP contribution < -0.4 is 5.32 Å². The lowest BCUT2D eigenvalue weighted by atomic mass is 10.3. The fourth-order valence-corrected chi connectivity index (χ4v) is 1.59. The monoisotopic (exact) mass is 181 g/mol. The summed E-state index contributed by atoms with van der Waals surface area (Å²) in [7, 11) is 0. The van der Waals surface area contributed by atoms with Crippen LogP contribution in [0.5, 0.6) is 0 Å². The average molecular weight is 181 g/mol. The van der Waals surface area contributed by atoms with Crippen molar-refractivity contribution in [3.63, 3.8) is 0 Å². The quantitative estimate of drug-likeness (QED) is 0.772. The van der Waals surface area contributed by atoms with Crippen molar-refractivity contribution in [3.8, 4) is 6.07 Å². The van der Waals surface area contributed by atoms with E-state index in [-0.39, 0.29) is 12.1 Å². The van der Waals surface area contributed by atoms with Gasteiger partial charge in [0.15, 0.2) is 0 Å². The van der Waals surface area contributed by atoms with Gasteiger partial charge in [0.1, 0.15) is 5.01 Å². The molecular formula is C8H11N3S. The third-order valence-corrected chi connectivity index (χ3v) is 2.47. The number of thiazole rings is 1. The molecule has 0 spiro atoms. The molecule has 0 amide bonds. The number of rotatable bonds is 3. The van der Waals surface area contributed by atoms with Gasteiger partial charge in [-0.05, 0) is 13.8 Å². The van der Waals surface area contributed by atoms with Gasteiger partial charge in [-0.25, -0.2) is 4.98 Å². The molecule has 2 atom stereocenters. The molecule has 4 heteroatoms. The summed E-state index contributed by atoms with van der Waals surface area (Å²) in [6.07, 6.45) is 1.77. The zero-order chi connectivity index (χ0) is 8.97. The molecule has 0 bridgehead atoms. The Hall–Kier alpha value is -0.920. The second-order valence-electron chi connectivity index (χ2n) is 2.61. The normalized spacial score (nSPS) is 15.1. The summed E-state index contributed by atoms with van der Waals surface area (Å²) >= 11 is 1.60. The predicted octanol–water partition coefficient (Wildman–Crippen LogP) is 1.71. The van der Waals surface area contributed by atoms with Gasteiger partial charge in [0.2, 0.25) is 0 Å². The van der Waals surface area contributed by atoms with Crippen LogP contribution in [0.15, 0.2) is 11.6 Å². The van der Waals surface area contributed by atoms with Gasteiger partial charge >= 0.3 is 0 Å². The fourth-order valence-electron chi connectivity index (χ4n) is 0.932. The van der Waals surface area contributed by atoms with Crippen molar-refractivity contribution in [2.75, 3.05) is 0 Å². The van der Waals surface area contributed by atoms with E-state index >= 15 is 0 Å². The van der Waals surface area contributed by atoms with Crippen molar-refractivity contribution in [2.45, 2.75) is 25.9 Å². The molecular weight excluding hydrogens is 170 g/mol. The second kappa shape index (κ2) is 4.19. The molecule has 0 aliphatic carbocycles. The molecule has 0 fully saturated rings. The van der Waals surface area contributed by atoms with Crippen LogP contribution in [0.3, 0.4) is 0 Å². The highest BCUT2D eigenvalue weighted by molar-refractivity contribution is 7.09. The Labute approximate surface area is 76.1 Å². The zero-order valence-electron chi connectivity index (χ0n) is 7.11. The molecule has 0 radical (unpaired) electrons. The number of nitrogens with zero attached hydrogens (tertiary/aromatic N) is 2. The Morgan fingerprint density at radius 1 is 1.67 bits per heavy atom. The van der Waals surface area contributed by atoms with Gasteiger partial charge in [-0.1, -0.05) is 0 Å². The lowest BCUT2D eigenvalue weighted by molar-refractivity contribution is 0.540. The molecule has 1 aromatic heterocycles. The summed E-state index contributed by atoms with van der Waals surface area (Å²) in [6, 6.07) is 2.17. The summed E-state index contributed by atoms with van der Waals surface area (Å²) < 4.78 is 0. The standard InChI is InChI=1S/C8H11N3S/c1-6(5-9)11-7(2)8-10-3-4-12-8/h3-4,6-7,11H,1-2H3. The minimum Gasteiger partial charge on any atom is -0.293 e. The van der Waals surface area contributed by atoms with E-state index in [9.17, 15) is 0 Å². The molecule has 3 nitrogen and oxygen atoms in total. The Morgan fingerprint density at radius 3 is 2.92 bits per heavy atom. The number of aromatic nitrogens is 1. The maximum atomic E-state index is 8.55. The van der Waals surface area contributed by atoms with Crippen molar-refractivity contribution in [3.05, 3.63) is 16.6 Å². The van der Waals surface area contributed by atoms with E-state index in [2.05, 4.69) is 16.4 Å². The first kappa shape index (κ1) is 9.17. The lowest BCUT2D eigenvalue weighted by Gasteiger charge is -2.11. The Balaban J connectivity index is 2.51. The van der Waals surface area contributed by atoms with Gasteiger partial charge in [0, 0.05) is 11.6 Å². The number of nitrogens with one attached hydrogen (secondary N) is 1. The molecule has 64 valence electrons. The van der Waals surface area contributed by atoms with Crippen molar-refractivity contribution in [1.29, 1.82) is 5.26 Å². The topological polar surface area (TPSA) is 48.7 Å². The highest BCUT2D eigenvalue weighted by Crippen LogP contribution is 2.14. The molecule has 1 aromatic rings. The van der Waals surface area contributed by atoms with Crippen LogP contribution in [0.25, 0.3) is 0 Å². The minimum atomic E-state index is -0.121. The molecule has 1 heterocycles. The second-order valence-corrected chi connectivity index (χ2v) is 3.54. The van der Waals surface area contributed by atoms with Gasteiger partial charge in [-0.15, -0.1) is 11.3 Å². The molecule has 12 heavy (non-hydrogen) atoms. The Morgan fingerprint density at radius 2 is 2.42 bits per heavy atom. The zero-order valence-corrected chi connectivity index (χ0v) is 7.93. The van der Waals surface area contributed by atoms with E-state index in [1.54, 1.807) is 17.5 Å². The molecule has 1 N–H and O–H groups in total. The van der Waals surface area contributed by atoms with Crippen LogP contribution in [0, 0.1) is 11.3 Å². The van der Waals surface area contributed by atoms with Crippen LogP contribution in [-0.2, 0) is 0 Å². The summed E-state index contributed by atoms with van der Waals surface area (Å²) in [5.74, 6) is 0. The molecule has 1 rings (SSSR count). The van der Waals surface area contributed by atoms with Crippen LogP contribution in [-0.4, -0.2) is 11.0 Å². The summed E-state index contributed by atoms with van der Waals surface area (Å²) in [6.45, 7) is 3.84. The Bertz CT molecular complexity index is 262. The van der Waals surface area contributed by atoms with E-state index < -0.39 is 0 Å². The number of hydrogen-bond donors (Lipinski definition) is 1. The van der Waals surface area contributed by atoms with Crippen LogP contribution in [0.1, 0.15) is 24.9 Å². The van der Waals surface area contributed by atoms with Gasteiger partial charge < -0.3 is 0 Å². The van der Waals surface area contributed by atoms with Crippen molar-refractivity contribution >= 4 is 11.3 Å². The summed E-state index contributed by atoms with van der Waals surface area (Å²) in [4.78, 5) is 4.15. The first-order valence-electron chi connectivity index (χ1n) is 3.79. The van der Waals surface area contributed by atoms with E-state index in [1.165, 1.54) is 0 Å². The molecule has 2 unspecified atom stereocenters. The molecule has 0 aliphatic heterocycles. The van der Waals surface area contributed by atoms with Gasteiger partial charge in [0.05, 0.1) is 18.2 Å². The van der Waals surface area contributed by atoms with Gasteiger partial charge in [-0.2, -0.15) is 5.26 Å². The Kier molecular flexibility index (Phi) is 3.20. The third kappa shape index (κ3) is 2.29. The minimum absolute atomic E-state index is 0.121. The molecule has 0 saturated carbocycles. The highest BCUT2D eigenvalue weighted by atomic mass is 32.1. The van der Waals surface area contributed by atoms with E-state index in [0.29, 0.717) is 0 Å². The smallest absolute Gasteiger partial charge is 0.109 e. The van der Waals surface area contributed by atoms with Gasteiger partial charge in [-0.3, -0.25) is 5.32 Å². The highest BCUT2D eigenvalue weighted by Gasteiger charge is 2.09. The van der Waals surface area contributed by atoms with Crippen LogP contribution >= 0.6 is 11.3 Å². The van der Waals surface area contributed by atoms with E-state index in [1.807, 2.05) is 19.2 Å². The summed E-state index contributed by atoms with van der Waals surface area (Å²) in [5, 5.41) is 14.6. The molecule has 0 aliphatic rings. The van der Waals surface area contributed by atoms with Crippen molar-refractivity contribution in [2.24, 2.45) is 0 Å². The van der Waals surface area contributed by atoms with Crippen LogP contribution in [0.2, 0.25) is 0 Å². The SMILES string of the molecule is CC(C#N)NC(C)c1nccs1. The maximum Gasteiger partial charge on any atom is 0.109 e. The van der Waals surface area contributed by atoms with Crippen molar-refractivity contribution in [1.82, 2.24) is 10.3 Å². The average Bonchev–Trinajstić information content (AvgIpc) is 2.56. The van der Waals surface area contributed by atoms with Crippen molar-refractivity contribution < 1.29 is 0 Å². The van der Waals surface area contributed by atoms with E-state index in [4.69, 9.17) is 5.26 Å². The predicted molar refractivity (Wildman–Crippen MR) is 48.7 cm³/mol. The van der Waals surface area contributed by atoms with E-state index in [0.717, 1.165) is 5.01 Å². The largest absolute Gasteiger partial charge is 0.293 e. The summed E-state index contributed by atoms with van der Waals surface area (Å²) in [5.41, 5.74) is 0. The fraction of sp³-hybridized carbons (Fsp3) is 0.500. The molecule has 0 aromatic carbocycles. The first-order chi connectivity index (χ1) is 5.74. The third-order valence-electron chi connectivity index (χ3n) is 1.52.